The number of nitrogens with zero attached hydrogens (tertiary/aromatic N) is 1. The van der Waals surface area contributed by atoms with E-state index in [1.807, 2.05) is 6.92 Å². The lowest BCUT2D eigenvalue weighted by Crippen LogP contribution is -2.31. The number of carbonyl (C=O) groups is 2. The molecule has 0 spiro atoms. The SMILES string of the molecule is CCOC(=O)c1ccc(C)c(NC(=O)CCCN(c2ccc3c(c2)OCCO3)S(C)(=O)=O)c1. The maximum Gasteiger partial charge on any atom is 0.338 e. The van der Waals surface area contributed by atoms with Crippen LogP contribution in [0.3, 0.4) is 0 Å². The smallest absolute Gasteiger partial charge is 0.338 e. The predicted molar refractivity (Wildman–Crippen MR) is 125 cm³/mol. The van der Waals surface area contributed by atoms with E-state index in [9.17, 15) is 18.0 Å². The lowest BCUT2D eigenvalue weighted by Gasteiger charge is -2.25. The molecule has 0 radical (unpaired) electrons. The maximum atomic E-state index is 12.5. The Balaban J connectivity index is 1.63. The van der Waals surface area contributed by atoms with Crippen LogP contribution < -0.4 is 19.1 Å². The Morgan fingerprint density at radius 3 is 2.52 bits per heavy atom. The van der Waals surface area contributed by atoms with Crippen LogP contribution in [0.5, 0.6) is 11.5 Å². The van der Waals surface area contributed by atoms with Gasteiger partial charge in [0.2, 0.25) is 15.9 Å². The molecule has 1 aliphatic rings. The highest BCUT2D eigenvalue weighted by atomic mass is 32.2. The Morgan fingerprint density at radius 2 is 1.82 bits per heavy atom. The maximum absolute atomic E-state index is 12.5. The third kappa shape index (κ3) is 6.38. The lowest BCUT2D eigenvalue weighted by atomic mass is 10.1. The van der Waals surface area contributed by atoms with Gasteiger partial charge in [-0.3, -0.25) is 9.10 Å². The summed E-state index contributed by atoms with van der Waals surface area (Å²) in [6, 6.07) is 9.89. The molecule has 9 nitrogen and oxygen atoms in total. The van der Waals surface area contributed by atoms with Gasteiger partial charge in [0.1, 0.15) is 13.2 Å². The molecule has 0 saturated carbocycles. The second kappa shape index (κ2) is 10.6. The summed E-state index contributed by atoms with van der Waals surface area (Å²) < 4.78 is 42.0. The number of nitrogens with one attached hydrogen (secondary N) is 1. The molecular formula is C23H28N2O7S. The fourth-order valence-electron chi connectivity index (χ4n) is 3.37. The summed E-state index contributed by atoms with van der Waals surface area (Å²) in [6.07, 6.45) is 1.51. The van der Waals surface area contributed by atoms with Crippen LogP contribution in [0, 0.1) is 6.92 Å². The highest BCUT2D eigenvalue weighted by Gasteiger charge is 2.21. The summed E-state index contributed by atoms with van der Waals surface area (Å²) in [4.78, 5) is 24.4. The van der Waals surface area contributed by atoms with Gasteiger partial charge in [-0.05, 0) is 50.1 Å². The van der Waals surface area contributed by atoms with E-state index in [0.717, 1.165) is 11.8 Å². The molecule has 0 saturated heterocycles. The molecule has 1 heterocycles. The van der Waals surface area contributed by atoms with Gasteiger partial charge < -0.3 is 19.5 Å². The zero-order chi connectivity index (χ0) is 24.0. The minimum Gasteiger partial charge on any atom is -0.486 e. The molecule has 0 aromatic heterocycles. The number of benzene rings is 2. The number of ether oxygens (including phenoxy) is 3. The number of rotatable bonds is 9. The Hall–Kier alpha value is -3.27. The van der Waals surface area contributed by atoms with Crippen LogP contribution in [0.2, 0.25) is 0 Å². The molecule has 1 aliphatic heterocycles. The molecule has 10 heteroatoms. The van der Waals surface area contributed by atoms with Crippen LogP contribution in [0.25, 0.3) is 0 Å². The first kappa shape index (κ1) is 24.4. The van der Waals surface area contributed by atoms with Crippen LogP contribution in [0.15, 0.2) is 36.4 Å². The molecule has 0 bridgehead atoms. The number of hydrogen-bond acceptors (Lipinski definition) is 7. The zero-order valence-corrected chi connectivity index (χ0v) is 19.7. The Kier molecular flexibility index (Phi) is 7.80. The van der Waals surface area contributed by atoms with Crippen molar-refractivity contribution in [3.05, 3.63) is 47.5 Å². The van der Waals surface area contributed by atoms with Crippen molar-refractivity contribution in [1.82, 2.24) is 0 Å². The van der Waals surface area contributed by atoms with E-state index in [1.54, 1.807) is 43.3 Å². The fraction of sp³-hybridized carbons (Fsp3) is 0.391. The van der Waals surface area contributed by atoms with Crippen LogP contribution in [0.4, 0.5) is 11.4 Å². The van der Waals surface area contributed by atoms with Gasteiger partial charge >= 0.3 is 5.97 Å². The number of anilines is 2. The number of carbonyl (C=O) groups excluding carboxylic acids is 2. The van der Waals surface area contributed by atoms with Crippen molar-refractivity contribution in [2.45, 2.75) is 26.7 Å². The largest absolute Gasteiger partial charge is 0.486 e. The van der Waals surface area contributed by atoms with Crippen molar-refractivity contribution < 1.29 is 32.2 Å². The number of esters is 1. The van der Waals surface area contributed by atoms with Crippen molar-refractivity contribution in [1.29, 1.82) is 0 Å². The van der Waals surface area contributed by atoms with Crippen molar-refractivity contribution >= 4 is 33.3 Å². The number of hydrogen-bond donors (Lipinski definition) is 1. The normalized spacial score (nSPS) is 12.7. The van der Waals surface area contributed by atoms with E-state index in [-0.39, 0.29) is 25.5 Å². The van der Waals surface area contributed by atoms with Crippen LogP contribution in [-0.4, -0.2) is 52.9 Å². The van der Waals surface area contributed by atoms with E-state index in [0.29, 0.717) is 48.1 Å². The number of amides is 1. The Morgan fingerprint density at radius 1 is 1.09 bits per heavy atom. The Bertz CT molecular complexity index is 1130. The van der Waals surface area contributed by atoms with E-state index < -0.39 is 16.0 Å². The molecule has 2 aromatic carbocycles. The van der Waals surface area contributed by atoms with Gasteiger partial charge in [-0.2, -0.15) is 0 Å². The summed E-state index contributed by atoms with van der Waals surface area (Å²) in [5.74, 6) is 0.311. The number of sulfonamides is 1. The Labute approximate surface area is 193 Å². The quantitative estimate of drug-likeness (QED) is 0.554. The molecule has 178 valence electrons. The monoisotopic (exact) mass is 476 g/mol. The summed E-state index contributed by atoms with van der Waals surface area (Å²) in [5.41, 5.74) is 2.10. The van der Waals surface area contributed by atoms with Gasteiger partial charge in [0.25, 0.3) is 0 Å². The first-order valence-electron chi connectivity index (χ1n) is 10.6. The summed E-state index contributed by atoms with van der Waals surface area (Å²) in [6.45, 7) is 4.76. The zero-order valence-electron chi connectivity index (χ0n) is 18.9. The average Bonchev–Trinajstić information content (AvgIpc) is 2.77. The van der Waals surface area contributed by atoms with E-state index in [4.69, 9.17) is 14.2 Å². The average molecular weight is 477 g/mol. The van der Waals surface area contributed by atoms with Crippen molar-refractivity contribution in [2.24, 2.45) is 0 Å². The van der Waals surface area contributed by atoms with E-state index in [2.05, 4.69) is 5.32 Å². The first-order chi connectivity index (χ1) is 15.7. The molecule has 0 aliphatic carbocycles. The summed E-state index contributed by atoms with van der Waals surface area (Å²) in [7, 11) is -3.57. The van der Waals surface area contributed by atoms with Crippen molar-refractivity contribution in [2.75, 3.05) is 42.2 Å². The summed E-state index contributed by atoms with van der Waals surface area (Å²) >= 11 is 0. The number of aryl methyl sites for hydroxylation is 1. The minimum absolute atomic E-state index is 0.0969. The lowest BCUT2D eigenvalue weighted by molar-refractivity contribution is -0.116. The van der Waals surface area contributed by atoms with Gasteiger partial charge in [0.05, 0.1) is 24.1 Å². The first-order valence-corrected chi connectivity index (χ1v) is 12.5. The molecule has 0 unspecified atom stereocenters. The second-order valence-corrected chi connectivity index (χ2v) is 9.47. The van der Waals surface area contributed by atoms with Crippen molar-refractivity contribution in [3.8, 4) is 11.5 Å². The highest BCUT2D eigenvalue weighted by molar-refractivity contribution is 7.92. The summed E-state index contributed by atoms with van der Waals surface area (Å²) in [5, 5.41) is 2.79. The standard InChI is InChI=1S/C23H28N2O7S/c1-4-30-23(27)17-8-7-16(2)19(14-17)24-22(26)6-5-11-25(33(3,28)29)18-9-10-20-21(15-18)32-13-12-31-20/h7-10,14-15H,4-6,11-13H2,1-3H3,(H,24,26). The molecular weight excluding hydrogens is 448 g/mol. The van der Waals surface area contributed by atoms with Gasteiger partial charge in [0, 0.05) is 24.7 Å². The third-order valence-corrected chi connectivity index (χ3v) is 6.20. The van der Waals surface area contributed by atoms with Crippen molar-refractivity contribution in [3.63, 3.8) is 0 Å². The van der Waals surface area contributed by atoms with E-state index >= 15 is 0 Å². The number of fused-ring (bicyclic) bond motifs is 1. The molecule has 0 atom stereocenters. The highest BCUT2D eigenvalue weighted by Crippen LogP contribution is 2.34. The molecule has 1 N–H and O–H groups in total. The van der Waals surface area contributed by atoms with Crippen LogP contribution >= 0.6 is 0 Å². The molecule has 2 aromatic rings. The fourth-order valence-corrected chi connectivity index (χ4v) is 4.32. The van der Waals surface area contributed by atoms with Crippen LogP contribution in [0.1, 0.15) is 35.7 Å². The molecule has 0 fully saturated rings. The van der Waals surface area contributed by atoms with Gasteiger partial charge in [-0.25, -0.2) is 13.2 Å². The molecule has 3 rings (SSSR count). The van der Waals surface area contributed by atoms with Crippen LogP contribution in [-0.2, 0) is 19.6 Å². The minimum atomic E-state index is -3.57. The third-order valence-electron chi connectivity index (χ3n) is 5.00. The van der Waals surface area contributed by atoms with Gasteiger partial charge in [-0.1, -0.05) is 6.07 Å². The van der Waals surface area contributed by atoms with E-state index in [1.165, 1.54) is 4.31 Å². The second-order valence-electron chi connectivity index (χ2n) is 7.56. The topological polar surface area (TPSA) is 111 Å². The predicted octanol–water partition coefficient (Wildman–Crippen LogP) is 3.13. The molecule has 33 heavy (non-hydrogen) atoms. The molecule has 1 amide bonds. The van der Waals surface area contributed by atoms with Gasteiger partial charge in [0.15, 0.2) is 11.5 Å². The van der Waals surface area contributed by atoms with Gasteiger partial charge in [-0.15, -0.1) is 0 Å².